The van der Waals surface area contributed by atoms with Gasteiger partial charge in [0.05, 0.1) is 0 Å². The van der Waals surface area contributed by atoms with Crippen LogP contribution in [-0.4, -0.2) is 50.1 Å². The first kappa shape index (κ1) is 26.7. The predicted octanol–water partition coefficient (Wildman–Crippen LogP) is 5.39. The summed E-state index contributed by atoms with van der Waals surface area (Å²) in [5, 5.41) is 13.3. The van der Waals surface area contributed by atoms with E-state index in [-0.39, 0.29) is 5.91 Å². The van der Waals surface area contributed by atoms with Crippen molar-refractivity contribution in [2.75, 3.05) is 5.32 Å². The molecule has 1 amide bonds. The summed E-state index contributed by atoms with van der Waals surface area (Å²) in [6, 6.07) is 30.4. The average Bonchev–Trinajstić information content (AvgIpc) is 3.23. The topological polar surface area (TPSA) is 88.0 Å². The van der Waals surface area contributed by atoms with Gasteiger partial charge in [-0.05, 0) is 10.9 Å². The van der Waals surface area contributed by atoms with Crippen LogP contribution in [0.3, 0.4) is 0 Å². The Morgan fingerprint density at radius 2 is 1.68 bits per heavy atom. The third-order valence-corrected chi connectivity index (χ3v) is 6.91. The zero-order valence-electron chi connectivity index (χ0n) is 20.5. The fourth-order valence-electron chi connectivity index (χ4n) is 3.63. The quantitative estimate of drug-likeness (QED) is 0.272. The van der Waals surface area contributed by atoms with Gasteiger partial charge in [0.2, 0.25) is 0 Å². The molecule has 4 aromatic rings. The van der Waals surface area contributed by atoms with E-state index >= 15 is 0 Å². The van der Waals surface area contributed by atoms with Crippen molar-refractivity contribution in [3.63, 3.8) is 0 Å². The molecule has 180 valence electrons. The molecule has 0 spiro atoms. The van der Waals surface area contributed by atoms with Crippen molar-refractivity contribution in [1.82, 2.24) is 0 Å². The maximum absolute atomic E-state index is 12.6. The van der Waals surface area contributed by atoms with E-state index in [0.29, 0.717) is 16.7 Å². The number of carboxylic acids is 1. The van der Waals surface area contributed by atoms with Crippen LogP contribution in [0.4, 0.5) is 5.69 Å². The van der Waals surface area contributed by atoms with E-state index in [1.54, 1.807) is 0 Å². The van der Waals surface area contributed by atoms with Gasteiger partial charge in [-0.25, -0.2) is 0 Å². The van der Waals surface area contributed by atoms with Crippen molar-refractivity contribution in [2.24, 2.45) is 4.99 Å². The molecule has 2 N–H and O–H groups in total. The van der Waals surface area contributed by atoms with Crippen LogP contribution in [0.2, 0.25) is 0 Å². The van der Waals surface area contributed by atoms with Gasteiger partial charge in [0.1, 0.15) is 6.61 Å². The number of fused-ring (bicyclic) bond motifs is 1. The van der Waals surface area contributed by atoms with Crippen LogP contribution in [0.1, 0.15) is 18.1 Å². The van der Waals surface area contributed by atoms with Gasteiger partial charge >= 0.3 is 143 Å². The number of carbonyl (C=O) groups excluding carboxylic acids is 1. The van der Waals surface area contributed by atoms with Crippen molar-refractivity contribution in [3.05, 3.63) is 107 Å². The number of benzene rings is 4. The Kier molecular flexibility index (Phi) is 9.19. The maximum atomic E-state index is 12.6. The summed E-state index contributed by atoms with van der Waals surface area (Å²) >= 11 is 2.35. The monoisotopic (exact) mass is 518 g/mol. The Hall–Kier alpha value is -3.36. The Bertz CT molecular complexity index is 1480. The molecule has 0 bridgehead atoms. The van der Waals surface area contributed by atoms with Gasteiger partial charge in [-0.1, -0.05) is 54.6 Å². The van der Waals surface area contributed by atoms with Crippen molar-refractivity contribution in [1.29, 1.82) is 0 Å². The Morgan fingerprint density at radius 3 is 2.41 bits per heavy atom. The van der Waals surface area contributed by atoms with E-state index in [0.717, 1.165) is 68.2 Å². The van der Waals surface area contributed by atoms with Crippen LogP contribution in [-0.2, 0) is 16.2 Å². The SMILES string of the molecule is CC(=O)O.O=C1N=C(Nc2cc[c]([Na])cc2)SC1=Cc1ccc2ccccc2c1OCc1ccccc1. The number of amides is 1. The normalized spacial score (nSPS) is 13.6. The zero-order valence-corrected chi connectivity index (χ0v) is 23.3. The number of thioether (sulfide) groups is 1. The number of carboxylic acid groups (broad SMARTS) is 1. The van der Waals surface area contributed by atoms with Crippen LogP contribution in [0, 0.1) is 0 Å². The number of hydrogen-bond acceptors (Lipinski definition) is 5. The molecule has 0 aliphatic carbocycles. The van der Waals surface area contributed by atoms with Crippen molar-refractivity contribution in [2.45, 2.75) is 13.5 Å². The first-order chi connectivity index (χ1) is 17.9. The van der Waals surface area contributed by atoms with E-state index in [9.17, 15) is 4.79 Å². The molecule has 1 heterocycles. The third kappa shape index (κ3) is 7.57. The third-order valence-electron chi connectivity index (χ3n) is 5.35. The molecule has 37 heavy (non-hydrogen) atoms. The number of hydrogen-bond donors (Lipinski definition) is 2. The van der Waals surface area contributed by atoms with E-state index in [1.165, 1.54) is 14.6 Å². The summed E-state index contributed by atoms with van der Waals surface area (Å²) in [6.45, 7) is 1.53. The molecular formula is C29H23N2NaO4S. The van der Waals surface area contributed by atoms with Crippen molar-refractivity contribution >= 4 is 82.1 Å². The molecule has 5 rings (SSSR count). The molecule has 0 atom stereocenters. The predicted molar refractivity (Wildman–Crippen MR) is 151 cm³/mol. The van der Waals surface area contributed by atoms with Gasteiger partial charge < -0.3 is 5.11 Å². The molecule has 8 heteroatoms. The molecule has 0 aromatic heterocycles. The molecule has 0 unspecified atom stereocenters. The van der Waals surface area contributed by atoms with Gasteiger partial charge in [0, 0.05) is 6.92 Å². The molecule has 6 nitrogen and oxygen atoms in total. The van der Waals surface area contributed by atoms with Gasteiger partial charge in [0.15, 0.2) is 0 Å². The molecule has 0 saturated carbocycles. The fraction of sp³-hybridized carbons (Fsp3) is 0.0690. The van der Waals surface area contributed by atoms with Crippen molar-refractivity contribution < 1.29 is 19.4 Å². The molecule has 4 aromatic carbocycles. The van der Waals surface area contributed by atoms with E-state index in [2.05, 4.69) is 34.6 Å². The number of anilines is 1. The van der Waals surface area contributed by atoms with Gasteiger partial charge in [-0.15, -0.1) is 0 Å². The Morgan fingerprint density at radius 1 is 1.00 bits per heavy atom. The van der Waals surface area contributed by atoms with E-state index in [4.69, 9.17) is 14.6 Å². The molecular weight excluding hydrogens is 495 g/mol. The van der Waals surface area contributed by atoms with Crippen molar-refractivity contribution in [3.8, 4) is 5.75 Å². The van der Waals surface area contributed by atoms with Crippen LogP contribution < -0.4 is 12.9 Å². The molecule has 0 fully saturated rings. The Labute approximate surface area is 236 Å². The molecule has 1 aliphatic rings. The molecule has 1 aliphatic heterocycles. The number of ether oxygens (including phenoxy) is 1. The smallest absolute Gasteiger partial charge is 0.0622 e. The van der Waals surface area contributed by atoms with Gasteiger partial charge in [0.25, 0.3) is 5.97 Å². The summed E-state index contributed by atoms with van der Waals surface area (Å²) in [7, 11) is 0. The first-order valence-corrected chi connectivity index (χ1v) is 13.4. The van der Waals surface area contributed by atoms with Crippen LogP contribution in [0.5, 0.6) is 5.75 Å². The van der Waals surface area contributed by atoms with Gasteiger partial charge in [-0.3, -0.25) is 4.79 Å². The summed E-state index contributed by atoms with van der Waals surface area (Å²) in [5.41, 5.74) is 2.87. The minimum atomic E-state index is -0.833. The minimum Gasteiger partial charge on any atom is -0.0622 e. The molecule has 0 saturated heterocycles. The van der Waals surface area contributed by atoms with Gasteiger partial charge in [-0.2, -0.15) is 0 Å². The van der Waals surface area contributed by atoms with E-state index < -0.39 is 5.97 Å². The minimum absolute atomic E-state index is 0.246. The average molecular weight is 519 g/mol. The number of aliphatic imine (C=N–C) groups is 1. The van der Waals surface area contributed by atoms with Crippen LogP contribution in [0.25, 0.3) is 16.8 Å². The summed E-state index contributed by atoms with van der Waals surface area (Å²) in [6.07, 6.45) is 1.87. The number of carbonyl (C=O) groups is 2. The summed E-state index contributed by atoms with van der Waals surface area (Å²) in [4.78, 5) is 26.4. The first-order valence-electron chi connectivity index (χ1n) is 11.6. The second-order valence-corrected chi connectivity index (χ2v) is 10.5. The van der Waals surface area contributed by atoms with Crippen LogP contribution >= 0.6 is 11.8 Å². The Balaban J connectivity index is 0.000000747. The number of nitrogens with zero attached hydrogens (tertiary/aromatic N) is 1. The summed E-state index contributed by atoms with van der Waals surface area (Å²) < 4.78 is 7.62. The molecule has 0 radical (unpaired) electrons. The summed E-state index contributed by atoms with van der Waals surface area (Å²) in [5.74, 6) is -0.314. The standard InChI is InChI=1S/C27H19N2O2S.C2H4O2.Na/c30-26-24(32-27(29-26)28-22-12-5-2-6-13-22)17-21-16-15-20-11-7-8-14-23(20)25(21)31-18-19-9-3-1-4-10-19;1-2(3)4;/h1,3-17H,18H2,(H,28,29,30);1H3,(H,3,4);. The number of amidine groups is 1. The number of nitrogens with one attached hydrogen (secondary N) is 1. The second-order valence-electron chi connectivity index (χ2n) is 8.32. The van der Waals surface area contributed by atoms with Crippen LogP contribution in [0.15, 0.2) is 101 Å². The number of rotatable bonds is 5. The zero-order chi connectivity index (χ0) is 26.2. The second kappa shape index (κ2) is 12.7. The van der Waals surface area contributed by atoms with E-state index in [1.807, 2.05) is 72.8 Å². The fourth-order valence-corrected chi connectivity index (χ4v) is 4.79. The number of aliphatic carboxylic acids is 1.